The molecule has 1 aromatic heterocycles. The van der Waals surface area contributed by atoms with Gasteiger partial charge >= 0.3 is 0 Å². The van der Waals surface area contributed by atoms with E-state index in [-0.39, 0.29) is 10.8 Å². The van der Waals surface area contributed by atoms with Crippen molar-refractivity contribution in [1.29, 1.82) is 0 Å². The summed E-state index contributed by atoms with van der Waals surface area (Å²) in [4.78, 5) is 16.6. The van der Waals surface area contributed by atoms with Crippen molar-refractivity contribution in [1.82, 2.24) is 15.0 Å². The summed E-state index contributed by atoms with van der Waals surface area (Å²) >= 11 is 0. The molecule has 0 spiro atoms. The smallest absolute Gasteiger partial charge is 0.251 e. The maximum Gasteiger partial charge on any atom is 0.251 e. The van der Waals surface area contributed by atoms with Crippen molar-refractivity contribution in [2.75, 3.05) is 6.54 Å². The first-order valence-electron chi connectivity index (χ1n) is 8.40. The van der Waals surface area contributed by atoms with Crippen LogP contribution in [-0.2, 0) is 16.4 Å². The summed E-state index contributed by atoms with van der Waals surface area (Å²) in [7, 11) is -3.69. The zero-order chi connectivity index (χ0) is 19.4. The predicted octanol–water partition coefficient (Wildman–Crippen LogP) is 2.44. The highest BCUT2D eigenvalue weighted by Gasteiger charge is 2.23. The number of aromatic nitrogens is 1. The summed E-state index contributed by atoms with van der Waals surface area (Å²) in [5.41, 5.74) is 1.50. The van der Waals surface area contributed by atoms with Crippen LogP contribution in [0.1, 0.15) is 42.3 Å². The van der Waals surface area contributed by atoms with Crippen LogP contribution in [0, 0.1) is 6.92 Å². The number of pyridine rings is 1. The number of benzene rings is 1. The van der Waals surface area contributed by atoms with Gasteiger partial charge < -0.3 is 5.32 Å². The Bertz CT molecular complexity index is 873. The molecule has 0 aliphatic heterocycles. The minimum absolute atomic E-state index is 0.0791. The van der Waals surface area contributed by atoms with Crippen molar-refractivity contribution >= 4 is 15.9 Å². The van der Waals surface area contributed by atoms with E-state index in [9.17, 15) is 13.2 Å². The van der Waals surface area contributed by atoms with Crippen LogP contribution in [0.4, 0.5) is 0 Å². The van der Waals surface area contributed by atoms with E-state index in [0.29, 0.717) is 18.5 Å². The van der Waals surface area contributed by atoms with Gasteiger partial charge in [0.05, 0.1) is 4.90 Å². The van der Waals surface area contributed by atoms with Crippen molar-refractivity contribution in [3.8, 4) is 0 Å². The van der Waals surface area contributed by atoms with Gasteiger partial charge in [0.25, 0.3) is 5.91 Å². The second-order valence-electron chi connectivity index (χ2n) is 7.20. The summed E-state index contributed by atoms with van der Waals surface area (Å²) in [6, 6.07) is 8.36. The Labute approximate surface area is 155 Å². The van der Waals surface area contributed by atoms with Gasteiger partial charge in [0, 0.05) is 30.0 Å². The maximum atomic E-state index is 12.5. The zero-order valence-electron chi connectivity index (χ0n) is 15.5. The van der Waals surface area contributed by atoms with Crippen molar-refractivity contribution in [2.24, 2.45) is 0 Å². The molecule has 0 aliphatic rings. The fraction of sp³-hybridized carbons (Fsp3) is 0.368. The highest BCUT2D eigenvalue weighted by Crippen LogP contribution is 2.17. The van der Waals surface area contributed by atoms with E-state index < -0.39 is 15.6 Å². The van der Waals surface area contributed by atoms with Crippen LogP contribution in [0.5, 0.6) is 0 Å². The van der Waals surface area contributed by atoms with Crippen LogP contribution in [0.3, 0.4) is 0 Å². The Morgan fingerprint density at radius 3 is 2.54 bits per heavy atom. The topological polar surface area (TPSA) is 88.2 Å². The molecule has 0 saturated carbocycles. The summed E-state index contributed by atoms with van der Waals surface area (Å²) in [6.45, 7) is 7.53. The molecule has 0 unspecified atom stereocenters. The molecule has 0 bridgehead atoms. The quantitative estimate of drug-likeness (QED) is 0.812. The molecule has 0 saturated heterocycles. The first-order chi connectivity index (χ1) is 12.1. The van der Waals surface area contributed by atoms with Crippen molar-refractivity contribution in [3.63, 3.8) is 0 Å². The van der Waals surface area contributed by atoms with E-state index in [1.54, 1.807) is 46.2 Å². The van der Waals surface area contributed by atoms with E-state index in [1.807, 2.05) is 12.1 Å². The summed E-state index contributed by atoms with van der Waals surface area (Å²) in [5.74, 6) is -0.292. The van der Waals surface area contributed by atoms with Crippen molar-refractivity contribution in [2.45, 2.75) is 44.6 Å². The third-order valence-corrected chi connectivity index (χ3v) is 5.38. The van der Waals surface area contributed by atoms with Gasteiger partial charge in [-0.15, -0.1) is 0 Å². The molecule has 0 fully saturated rings. The molecule has 2 N–H and O–H groups in total. The molecule has 1 amide bonds. The van der Waals surface area contributed by atoms with Gasteiger partial charge in [-0.25, -0.2) is 13.1 Å². The molecule has 1 heterocycles. The van der Waals surface area contributed by atoms with E-state index >= 15 is 0 Å². The summed E-state index contributed by atoms with van der Waals surface area (Å²) < 4.78 is 27.6. The second-order valence-corrected chi connectivity index (χ2v) is 8.88. The molecule has 140 valence electrons. The molecule has 6 nitrogen and oxygen atoms in total. The fourth-order valence-electron chi connectivity index (χ4n) is 2.44. The van der Waals surface area contributed by atoms with Gasteiger partial charge in [-0.2, -0.15) is 0 Å². The van der Waals surface area contributed by atoms with Gasteiger partial charge in [0.15, 0.2) is 0 Å². The third-order valence-electron chi connectivity index (χ3n) is 3.63. The Kier molecular flexibility index (Phi) is 6.15. The van der Waals surface area contributed by atoms with E-state index in [1.165, 1.54) is 12.1 Å². The SMILES string of the molecule is Cc1ccc(S(=O)(=O)NC(C)(C)C)cc1C(=O)NCCc1cccnc1. The lowest BCUT2D eigenvalue weighted by Crippen LogP contribution is -2.40. The van der Waals surface area contributed by atoms with Gasteiger partial charge in [0.1, 0.15) is 0 Å². The van der Waals surface area contributed by atoms with E-state index in [4.69, 9.17) is 0 Å². The number of amides is 1. The number of carbonyl (C=O) groups is 1. The van der Waals surface area contributed by atoms with E-state index in [0.717, 1.165) is 11.1 Å². The van der Waals surface area contributed by atoms with Crippen LogP contribution < -0.4 is 10.0 Å². The van der Waals surface area contributed by atoms with Crippen LogP contribution in [0.25, 0.3) is 0 Å². The minimum atomic E-state index is -3.69. The second kappa shape index (κ2) is 7.97. The van der Waals surface area contributed by atoms with Gasteiger partial charge in [-0.05, 0) is 63.4 Å². The van der Waals surface area contributed by atoms with Crippen LogP contribution >= 0.6 is 0 Å². The van der Waals surface area contributed by atoms with Gasteiger partial charge in [-0.3, -0.25) is 9.78 Å². The molecule has 2 rings (SSSR count). The minimum Gasteiger partial charge on any atom is -0.352 e. The maximum absolute atomic E-state index is 12.5. The lowest BCUT2D eigenvalue weighted by molar-refractivity contribution is 0.0953. The molecular weight excluding hydrogens is 350 g/mol. The largest absolute Gasteiger partial charge is 0.352 e. The first-order valence-corrected chi connectivity index (χ1v) is 9.88. The highest BCUT2D eigenvalue weighted by molar-refractivity contribution is 7.89. The third kappa shape index (κ3) is 5.64. The number of sulfonamides is 1. The predicted molar refractivity (Wildman–Crippen MR) is 102 cm³/mol. The van der Waals surface area contributed by atoms with Gasteiger partial charge in [0.2, 0.25) is 10.0 Å². The average Bonchev–Trinajstić information content (AvgIpc) is 2.53. The highest BCUT2D eigenvalue weighted by atomic mass is 32.2. The Hall–Kier alpha value is -2.25. The lowest BCUT2D eigenvalue weighted by atomic mass is 10.1. The number of hydrogen-bond donors (Lipinski definition) is 2. The van der Waals surface area contributed by atoms with Gasteiger partial charge in [-0.1, -0.05) is 12.1 Å². The fourth-order valence-corrected chi connectivity index (χ4v) is 3.88. The number of nitrogens with zero attached hydrogens (tertiary/aromatic N) is 1. The molecule has 2 aromatic rings. The standard InChI is InChI=1S/C19H25N3O3S/c1-14-7-8-16(26(24,25)22-19(2,3)4)12-17(14)18(23)21-11-9-15-6-5-10-20-13-15/h5-8,10,12-13,22H,9,11H2,1-4H3,(H,21,23). The lowest BCUT2D eigenvalue weighted by Gasteiger charge is -2.20. The molecule has 7 heteroatoms. The van der Waals surface area contributed by atoms with Crippen LogP contribution in [-0.4, -0.2) is 31.4 Å². The Balaban J connectivity index is 2.12. The number of carbonyl (C=O) groups excluding carboxylic acids is 1. The van der Waals surface area contributed by atoms with E-state index in [2.05, 4.69) is 15.0 Å². The summed E-state index contributed by atoms with van der Waals surface area (Å²) in [6.07, 6.45) is 4.11. The van der Waals surface area contributed by atoms with Crippen molar-refractivity contribution in [3.05, 3.63) is 59.4 Å². The van der Waals surface area contributed by atoms with Crippen LogP contribution in [0.15, 0.2) is 47.6 Å². The molecule has 26 heavy (non-hydrogen) atoms. The number of nitrogens with one attached hydrogen (secondary N) is 2. The normalized spacial score (nSPS) is 12.0. The molecule has 0 radical (unpaired) electrons. The van der Waals surface area contributed by atoms with Crippen molar-refractivity contribution < 1.29 is 13.2 Å². The molecular formula is C19H25N3O3S. The number of hydrogen-bond acceptors (Lipinski definition) is 4. The Morgan fingerprint density at radius 1 is 1.19 bits per heavy atom. The number of rotatable bonds is 6. The summed E-state index contributed by atoms with van der Waals surface area (Å²) in [5, 5.41) is 2.83. The average molecular weight is 375 g/mol. The zero-order valence-corrected chi connectivity index (χ0v) is 16.4. The molecule has 1 aromatic carbocycles. The first kappa shape index (κ1) is 20.1. The monoisotopic (exact) mass is 375 g/mol. The molecule has 0 aliphatic carbocycles. The van der Waals surface area contributed by atoms with Crippen LogP contribution in [0.2, 0.25) is 0 Å². The molecule has 0 atom stereocenters. The number of aryl methyl sites for hydroxylation is 1. The Morgan fingerprint density at radius 2 is 1.92 bits per heavy atom.